The maximum absolute atomic E-state index is 4.51. The van der Waals surface area contributed by atoms with Gasteiger partial charge in [-0.2, -0.15) is 5.10 Å². The van der Waals surface area contributed by atoms with Crippen LogP contribution in [0.3, 0.4) is 0 Å². The second-order valence-electron chi connectivity index (χ2n) is 6.36. The Morgan fingerprint density at radius 3 is 2.63 bits per heavy atom. The Hall–Kier alpha value is -0.350. The van der Waals surface area contributed by atoms with Crippen LogP contribution in [-0.2, 0) is 13.5 Å². The molecule has 108 valence electrons. The summed E-state index contributed by atoms with van der Waals surface area (Å²) >= 11 is 3.69. The van der Waals surface area contributed by atoms with Gasteiger partial charge in [-0.25, -0.2) is 0 Å². The molecule has 1 fully saturated rings. The number of aryl methyl sites for hydroxylation is 2. The lowest BCUT2D eigenvalue weighted by Crippen LogP contribution is -2.35. The Labute approximate surface area is 125 Å². The van der Waals surface area contributed by atoms with E-state index in [1.54, 1.807) is 0 Å². The molecule has 0 saturated heterocycles. The first-order chi connectivity index (χ1) is 8.95. The first-order valence-electron chi connectivity index (χ1n) is 7.36. The molecule has 0 aromatic carbocycles. The van der Waals surface area contributed by atoms with Gasteiger partial charge in [0, 0.05) is 19.6 Å². The summed E-state index contributed by atoms with van der Waals surface area (Å²) in [5.74, 6) is 0. The van der Waals surface area contributed by atoms with Crippen LogP contribution >= 0.6 is 15.9 Å². The van der Waals surface area contributed by atoms with E-state index in [-0.39, 0.29) is 0 Å². The van der Waals surface area contributed by atoms with Crippen LogP contribution in [0.15, 0.2) is 4.47 Å². The maximum atomic E-state index is 4.51. The van der Waals surface area contributed by atoms with E-state index in [1.165, 1.54) is 35.8 Å². The first-order valence-corrected chi connectivity index (χ1v) is 8.16. The van der Waals surface area contributed by atoms with E-state index in [4.69, 9.17) is 0 Å². The van der Waals surface area contributed by atoms with Gasteiger partial charge in [-0.1, -0.05) is 20.3 Å². The van der Waals surface area contributed by atoms with Gasteiger partial charge in [0.2, 0.25) is 0 Å². The van der Waals surface area contributed by atoms with Crippen molar-refractivity contribution in [2.45, 2.75) is 58.9 Å². The molecule has 1 aliphatic carbocycles. The lowest BCUT2D eigenvalue weighted by molar-refractivity contribution is 0.268. The van der Waals surface area contributed by atoms with E-state index in [2.05, 4.69) is 47.1 Å². The second kappa shape index (κ2) is 5.96. The van der Waals surface area contributed by atoms with Gasteiger partial charge >= 0.3 is 0 Å². The topological polar surface area (TPSA) is 29.9 Å². The highest BCUT2D eigenvalue weighted by molar-refractivity contribution is 9.10. The number of halogens is 1. The molecule has 3 nitrogen and oxygen atoms in total. The van der Waals surface area contributed by atoms with E-state index in [9.17, 15) is 0 Å². The molecule has 1 atom stereocenters. The summed E-state index contributed by atoms with van der Waals surface area (Å²) in [5, 5.41) is 8.21. The quantitative estimate of drug-likeness (QED) is 0.829. The van der Waals surface area contributed by atoms with E-state index in [1.807, 2.05) is 11.7 Å². The van der Waals surface area contributed by atoms with Crippen LogP contribution < -0.4 is 5.32 Å². The molecule has 0 radical (unpaired) electrons. The molecule has 0 aliphatic heterocycles. The second-order valence-corrected chi connectivity index (χ2v) is 7.16. The van der Waals surface area contributed by atoms with Gasteiger partial charge in [-0.15, -0.1) is 0 Å². The molecule has 1 unspecified atom stereocenters. The standard InChI is InChI=1S/C15H26BrN3/c1-5-8-15(3,10-17-12-6-7-12)9-13-14(16)11(2)18-19(13)4/h12,17H,5-10H2,1-4H3. The Kier molecular flexibility index (Phi) is 4.72. The van der Waals surface area contributed by atoms with Gasteiger partial charge in [0.15, 0.2) is 0 Å². The van der Waals surface area contributed by atoms with E-state index < -0.39 is 0 Å². The van der Waals surface area contributed by atoms with Crippen molar-refractivity contribution >= 4 is 15.9 Å². The third kappa shape index (κ3) is 3.82. The number of hydrogen-bond donors (Lipinski definition) is 1. The Morgan fingerprint density at radius 2 is 2.16 bits per heavy atom. The molecule has 1 heterocycles. The molecule has 1 aliphatic rings. The molecule has 0 spiro atoms. The minimum atomic E-state index is 0.320. The van der Waals surface area contributed by atoms with Crippen molar-refractivity contribution in [1.82, 2.24) is 15.1 Å². The van der Waals surface area contributed by atoms with Crippen LogP contribution in [0.5, 0.6) is 0 Å². The van der Waals surface area contributed by atoms with E-state index in [0.717, 1.165) is 24.7 Å². The van der Waals surface area contributed by atoms with Gasteiger partial charge in [-0.05, 0) is 54.0 Å². The molecular weight excluding hydrogens is 302 g/mol. The summed E-state index contributed by atoms with van der Waals surface area (Å²) in [5.41, 5.74) is 2.73. The average Bonchev–Trinajstić information content (AvgIpc) is 3.13. The van der Waals surface area contributed by atoms with E-state index >= 15 is 0 Å². The SMILES string of the molecule is CCCC(C)(CNC1CC1)Cc1c(Br)c(C)nn1C. The largest absolute Gasteiger partial charge is 0.313 e. The Balaban J connectivity index is 2.09. The summed E-state index contributed by atoms with van der Waals surface area (Å²) in [6.07, 6.45) is 6.28. The fraction of sp³-hybridized carbons (Fsp3) is 0.800. The molecule has 1 aromatic rings. The van der Waals surface area contributed by atoms with Crippen molar-refractivity contribution in [3.8, 4) is 0 Å². The van der Waals surface area contributed by atoms with Crippen LogP contribution in [0.4, 0.5) is 0 Å². The van der Waals surface area contributed by atoms with Crippen molar-refractivity contribution in [2.24, 2.45) is 12.5 Å². The smallest absolute Gasteiger partial charge is 0.0738 e. The summed E-state index contributed by atoms with van der Waals surface area (Å²) in [4.78, 5) is 0. The predicted molar refractivity (Wildman–Crippen MR) is 83.4 cm³/mol. The molecular formula is C15H26BrN3. The lowest BCUT2D eigenvalue weighted by Gasteiger charge is -2.30. The van der Waals surface area contributed by atoms with Crippen molar-refractivity contribution < 1.29 is 0 Å². The van der Waals surface area contributed by atoms with Crippen molar-refractivity contribution in [2.75, 3.05) is 6.54 Å². The average molecular weight is 328 g/mol. The maximum Gasteiger partial charge on any atom is 0.0738 e. The van der Waals surface area contributed by atoms with E-state index in [0.29, 0.717) is 5.41 Å². The summed E-state index contributed by atoms with van der Waals surface area (Å²) in [6.45, 7) is 7.86. The highest BCUT2D eigenvalue weighted by Gasteiger charge is 2.30. The van der Waals surface area contributed by atoms with Gasteiger partial charge in [0.25, 0.3) is 0 Å². The highest BCUT2D eigenvalue weighted by atomic mass is 79.9. The zero-order valence-electron chi connectivity index (χ0n) is 12.6. The molecule has 2 rings (SSSR count). The van der Waals surface area contributed by atoms with Crippen molar-refractivity contribution in [1.29, 1.82) is 0 Å². The third-order valence-electron chi connectivity index (χ3n) is 4.10. The molecule has 0 bridgehead atoms. The normalized spacial score (nSPS) is 18.6. The molecule has 1 aromatic heterocycles. The van der Waals surface area contributed by atoms with Gasteiger partial charge in [-0.3, -0.25) is 4.68 Å². The van der Waals surface area contributed by atoms with Gasteiger partial charge < -0.3 is 5.32 Å². The lowest BCUT2D eigenvalue weighted by atomic mass is 9.81. The zero-order chi connectivity index (χ0) is 14.0. The highest BCUT2D eigenvalue weighted by Crippen LogP contribution is 2.33. The first kappa shape index (κ1) is 15.0. The molecule has 1 saturated carbocycles. The van der Waals surface area contributed by atoms with Gasteiger partial charge in [0.1, 0.15) is 0 Å². The predicted octanol–water partition coefficient (Wildman–Crippen LogP) is 3.59. The van der Waals surface area contributed by atoms with Crippen LogP contribution in [0, 0.1) is 12.3 Å². The number of nitrogens with zero attached hydrogens (tertiary/aromatic N) is 2. The Bertz CT molecular complexity index is 437. The number of rotatable bonds is 7. The zero-order valence-corrected chi connectivity index (χ0v) is 14.2. The molecule has 4 heteroatoms. The van der Waals surface area contributed by atoms with Gasteiger partial charge in [0.05, 0.1) is 15.9 Å². The monoisotopic (exact) mass is 327 g/mol. The third-order valence-corrected chi connectivity index (χ3v) is 5.14. The van der Waals surface area contributed by atoms with Crippen LogP contribution in [-0.4, -0.2) is 22.4 Å². The summed E-state index contributed by atoms with van der Waals surface area (Å²) in [7, 11) is 2.05. The molecule has 19 heavy (non-hydrogen) atoms. The molecule has 1 N–H and O–H groups in total. The van der Waals surface area contributed by atoms with Crippen LogP contribution in [0.25, 0.3) is 0 Å². The van der Waals surface area contributed by atoms with Crippen molar-refractivity contribution in [3.05, 3.63) is 15.9 Å². The Morgan fingerprint density at radius 1 is 1.47 bits per heavy atom. The van der Waals surface area contributed by atoms with Crippen molar-refractivity contribution in [3.63, 3.8) is 0 Å². The van der Waals surface area contributed by atoms with Crippen LogP contribution in [0.1, 0.15) is 50.9 Å². The summed E-state index contributed by atoms with van der Waals surface area (Å²) < 4.78 is 3.22. The number of nitrogens with one attached hydrogen (secondary N) is 1. The summed E-state index contributed by atoms with van der Waals surface area (Å²) in [6, 6.07) is 0.785. The minimum absolute atomic E-state index is 0.320. The number of hydrogen-bond acceptors (Lipinski definition) is 2. The van der Waals surface area contributed by atoms with Crippen LogP contribution in [0.2, 0.25) is 0 Å². The molecule has 0 amide bonds. The minimum Gasteiger partial charge on any atom is -0.313 e. The fourth-order valence-electron chi connectivity index (χ4n) is 2.80. The fourth-order valence-corrected chi connectivity index (χ4v) is 3.27. The number of aromatic nitrogens is 2.